The Balaban J connectivity index is 1.79. The molecule has 6 heteroatoms. The first-order chi connectivity index (χ1) is 14.4. The molecule has 4 rings (SSSR count). The Morgan fingerprint density at radius 1 is 0.900 bits per heavy atom. The first-order valence-electron chi connectivity index (χ1n) is 9.63. The van der Waals surface area contributed by atoms with Crippen LogP contribution >= 0.6 is 0 Å². The fourth-order valence-corrected chi connectivity index (χ4v) is 3.56. The minimum Gasteiger partial charge on any atom is -0.351 e. The molecule has 0 saturated carbocycles. The van der Waals surface area contributed by atoms with E-state index in [0.717, 1.165) is 16.8 Å². The lowest BCUT2D eigenvalue weighted by Crippen LogP contribution is -2.31. The highest BCUT2D eigenvalue weighted by Gasteiger charge is 2.37. The molecule has 0 radical (unpaired) electrons. The first-order valence-corrected chi connectivity index (χ1v) is 9.63. The highest BCUT2D eigenvalue weighted by atomic mass is 16.6. The highest BCUT2D eigenvalue weighted by Crippen LogP contribution is 2.39. The number of carbonyl (C=O) groups excluding carboxylic acids is 1. The van der Waals surface area contributed by atoms with Crippen molar-refractivity contribution < 1.29 is 9.72 Å². The van der Waals surface area contributed by atoms with Gasteiger partial charge in [0.1, 0.15) is 5.70 Å². The van der Waals surface area contributed by atoms with Crippen LogP contribution in [0.2, 0.25) is 0 Å². The van der Waals surface area contributed by atoms with Gasteiger partial charge in [0.05, 0.1) is 16.5 Å². The van der Waals surface area contributed by atoms with E-state index >= 15 is 0 Å². The molecule has 30 heavy (non-hydrogen) atoms. The van der Waals surface area contributed by atoms with Crippen LogP contribution in [0.5, 0.6) is 0 Å². The molecule has 6 nitrogen and oxygen atoms in total. The van der Waals surface area contributed by atoms with Crippen LogP contribution in [0, 0.1) is 24.0 Å². The van der Waals surface area contributed by atoms with Crippen LogP contribution in [-0.2, 0) is 4.79 Å². The predicted molar refractivity (Wildman–Crippen MR) is 117 cm³/mol. The molecule has 3 aromatic carbocycles. The van der Waals surface area contributed by atoms with Crippen LogP contribution in [0.15, 0.2) is 84.6 Å². The molecule has 0 aromatic heterocycles. The van der Waals surface area contributed by atoms with Crippen molar-refractivity contribution in [3.8, 4) is 0 Å². The van der Waals surface area contributed by atoms with Crippen molar-refractivity contribution in [2.24, 2.45) is 0 Å². The number of amides is 1. The summed E-state index contributed by atoms with van der Waals surface area (Å²) in [6.45, 7) is 3.96. The summed E-state index contributed by atoms with van der Waals surface area (Å²) in [5.41, 5.74) is 4.50. The first kappa shape index (κ1) is 19.4. The molecule has 0 fully saturated rings. The number of nitro groups is 1. The van der Waals surface area contributed by atoms with Crippen molar-refractivity contribution in [2.45, 2.75) is 19.9 Å². The van der Waals surface area contributed by atoms with E-state index in [1.54, 1.807) is 29.2 Å². The fraction of sp³-hybridized carbons (Fsp3) is 0.125. The van der Waals surface area contributed by atoms with Gasteiger partial charge in [0.25, 0.3) is 11.6 Å². The van der Waals surface area contributed by atoms with Crippen molar-refractivity contribution in [1.29, 1.82) is 0 Å². The lowest BCUT2D eigenvalue weighted by atomic mass is 10.0. The maximum Gasteiger partial charge on any atom is 0.275 e. The Morgan fingerprint density at radius 2 is 1.50 bits per heavy atom. The molecule has 1 aliphatic rings. The van der Waals surface area contributed by atoms with Gasteiger partial charge in [0, 0.05) is 17.4 Å². The van der Waals surface area contributed by atoms with Crippen molar-refractivity contribution in [1.82, 2.24) is 0 Å². The molecule has 1 amide bonds. The zero-order valence-corrected chi connectivity index (χ0v) is 16.7. The second-order valence-electron chi connectivity index (χ2n) is 7.34. The van der Waals surface area contributed by atoms with Gasteiger partial charge in [-0.3, -0.25) is 19.8 Å². The van der Waals surface area contributed by atoms with E-state index in [0.29, 0.717) is 16.9 Å². The summed E-state index contributed by atoms with van der Waals surface area (Å²) in [7, 11) is 0. The molecular weight excluding hydrogens is 378 g/mol. The number of hydrogen-bond acceptors (Lipinski definition) is 4. The molecule has 0 aliphatic carbocycles. The number of nitrogens with zero attached hydrogens (tertiary/aromatic N) is 2. The molecule has 0 bridgehead atoms. The summed E-state index contributed by atoms with van der Waals surface area (Å²) >= 11 is 0. The standard InChI is InChI=1S/C24H21N3O3/c1-16-7-11-18(12-8-16)25-21-15-23(20-5-3-4-6-22(20)27(29)30)26(24(21)28)19-13-9-17(2)10-14-19/h3-15,23,25H,1-2H3. The summed E-state index contributed by atoms with van der Waals surface area (Å²) in [6.07, 6.45) is 1.75. The van der Waals surface area contributed by atoms with Crippen molar-refractivity contribution >= 4 is 23.0 Å². The zero-order chi connectivity index (χ0) is 21.3. The Bertz CT molecular complexity index is 1140. The molecule has 0 saturated heterocycles. The Morgan fingerprint density at radius 3 is 2.13 bits per heavy atom. The van der Waals surface area contributed by atoms with Crippen LogP contribution in [0.1, 0.15) is 22.7 Å². The third-order valence-corrected chi connectivity index (χ3v) is 5.15. The van der Waals surface area contributed by atoms with Crippen LogP contribution in [0.3, 0.4) is 0 Å². The number of para-hydroxylation sites is 1. The van der Waals surface area contributed by atoms with Gasteiger partial charge in [-0.25, -0.2) is 0 Å². The van der Waals surface area contributed by atoms with E-state index in [9.17, 15) is 14.9 Å². The van der Waals surface area contributed by atoms with Gasteiger partial charge in [-0.2, -0.15) is 0 Å². The molecule has 1 N–H and O–H groups in total. The van der Waals surface area contributed by atoms with Crippen LogP contribution in [-0.4, -0.2) is 10.8 Å². The molecule has 0 spiro atoms. The molecule has 1 heterocycles. The monoisotopic (exact) mass is 399 g/mol. The highest BCUT2D eigenvalue weighted by molar-refractivity contribution is 6.11. The van der Waals surface area contributed by atoms with Gasteiger partial charge in [-0.1, -0.05) is 47.5 Å². The minimum absolute atomic E-state index is 0.0137. The summed E-state index contributed by atoms with van der Waals surface area (Å²) in [5, 5.41) is 14.8. The van der Waals surface area contributed by atoms with Crippen LogP contribution in [0.4, 0.5) is 17.1 Å². The number of anilines is 2. The maximum absolute atomic E-state index is 13.4. The zero-order valence-electron chi connectivity index (χ0n) is 16.7. The second-order valence-corrected chi connectivity index (χ2v) is 7.34. The number of carbonyl (C=O) groups is 1. The van der Waals surface area contributed by atoms with Gasteiger partial charge in [-0.05, 0) is 50.3 Å². The summed E-state index contributed by atoms with van der Waals surface area (Å²) < 4.78 is 0. The third-order valence-electron chi connectivity index (χ3n) is 5.15. The van der Waals surface area contributed by atoms with Crippen molar-refractivity contribution in [2.75, 3.05) is 10.2 Å². The molecule has 1 atom stereocenters. The van der Waals surface area contributed by atoms with Crippen molar-refractivity contribution in [3.05, 3.63) is 111 Å². The van der Waals surface area contributed by atoms with E-state index < -0.39 is 11.0 Å². The number of hydrogen-bond donors (Lipinski definition) is 1. The van der Waals surface area contributed by atoms with E-state index in [-0.39, 0.29) is 11.6 Å². The molecule has 1 unspecified atom stereocenters. The molecule has 1 aliphatic heterocycles. The second kappa shape index (κ2) is 7.83. The average molecular weight is 399 g/mol. The number of benzene rings is 3. The van der Waals surface area contributed by atoms with Crippen LogP contribution in [0.25, 0.3) is 0 Å². The maximum atomic E-state index is 13.4. The van der Waals surface area contributed by atoms with Gasteiger partial charge >= 0.3 is 0 Å². The normalized spacial score (nSPS) is 15.8. The fourth-order valence-electron chi connectivity index (χ4n) is 3.56. The van der Waals surface area contributed by atoms with Gasteiger partial charge in [-0.15, -0.1) is 0 Å². The summed E-state index contributed by atoms with van der Waals surface area (Å²) in [6, 6.07) is 21.2. The Hall–Kier alpha value is -3.93. The summed E-state index contributed by atoms with van der Waals surface area (Å²) in [5.74, 6) is -0.234. The van der Waals surface area contributed by atoms with Crippen molar-refractivity contribution in [3.63, 3.8) is 0 Å². The van der Waals surface area contributed by atoms with Crippen LogP contribution < -0.4 is 10.2 Å². The SMILES string of the molecule is Cc1ccc(NC2=CC(c3ccccc3[N+](=O)[O-])N(c3ccc(C)cc3)C2=O)cc1. The Kier molecular flexibility index (Phi) is 5.06. The van der Waals surface area contributed by atoms with E-state index in [1.807, 2.05) is 62.4 Å². The number of aryl methyl sites for hydroxylation is 2. The largest absolute Gasteiger partial charge is 0.351 e. The lowest BCUT2D eigenvalue weighted by Gasteiger charge is -2.25. The minimum atomic E-state index is -0.588. The number of nitro benzene ring substituents is 1. The quantitative estimate of drug-likeness (QED) is 0.467. The lowest BCUT2D eigenvalue weighted by molar-refractivity contribution is -0.385. The van der Waals surface area contributed by atoms with E-state index in [2.05, 4.69) is 5.32 Å². The summed E-state index contributed by atoms with van der Waals surface area (Å²) in [4.78, 5) is 26.2. The third kappa shape index (κ3) is 3.67. The Labute approximate surface area is 174 Å². The topological polar surface area (TPSA) is 75.5 Å². The number of rotatable bonds is 5. The van der Waals surface area contributed by atoms with E-state index in [4.69, 9.17) is 0 Å². The molecule has 150 valence electrons. The smallest absolute Gasteiger partial charge is 0.275 e. The van der Waals surface area contributed by atoms with Gasteiger partial charge in [0.15, 0.2) is 0 Å². The predicted octanol–water partition coefficient (Wildman–Crippen LogP) is 5.30. The van der Waals surface area contributed by atoms with Gasteiger partial charge in [0.2, 0.25) is 0 Å². The molecule has 3 aromatic rings. The van der Waals surface area contributed by atoms with E-state index in [1.165, 1.54) is 6.07 Å². The van der Waals surface area contributed by atoms with Gasteiger partial charge < -0.3 is 5.32 Å². The molecular formula is C24H21N3O3. The average Bonchev–Trinajstić information content (AvgIpc) is 3.06. The number of nitrogens with one attached hydrogen (secondary N) is 1.